The number of anilines is 3. The summed E-state index contributed by atoms with van der Waals surface area (Å²) >= 11 is 12.5. The van der Waals surface area contributed by atoms with Gasteiger partial charge < -0.3 is 10.6 Å². The van der Waals surface area contributed by atoms with Gasteiger partial charge in [-0.05, 0) is 55.0 Å². The van der Waals surface area contributed by atoms with Crippen LogP contribution in [0.15, 0.2) is 61.1 Å². The molecular weight excluding hydrogens is 514 g/mol. The van der Waals surface area contributed by atoms with Crippen LogP contribution in [0.2, 0.25) is 10.0 Å². The third kappa shape index (κ3) is 5.45. The molecule has 5 aromatic rings. The number of nitrogens with zero attached hydrogens (tertiary/aromatic N) is 6. The fraction of sp³-hybridized carbons (Fsp3) is 0.115. The number of pyridine rings is 2. The minimum absolute atomic E-state index is 0.0330. The van der Waals surface area contributed by atoms with E-state index in [4.69, 9.17) is 23.2 Å². The first-order chi connectivity index (χ1) is 17.9. The van der Waals surface area contributed by atoms with E-state index in [9.17, 15) is 9.65 Å². The standard InChI is InChI=1S/C26H19Cl2FN8/c1-15-6-16(4-5-31-15)13-37-14-20(35-36-37)12-32-19-7-21-25(34-18-2-3-24(29)22(27)8-18)17(10-30)11-33-26(21)23(28)9-19/h2-9,11,14,32H,12-13H2,1H3,(H,33,34). The smallest absolute Gasteiger partial charge is 0.141 e. The van der Waals surface area contributed by atoms with E-state index in [1.165, 1.54) is 24.4 Å². The van der Waals surface area contributed by atoms with Crippen LogP contribution in [0.4, 0.5) is 21.5 Å². The molecule has 0 aliphatic carbocycles. The number of hydrogen-bond donors (Lipinski definition) is 2. The van der Waals surface area contributed by atoms with Crippen molar-refractivity contribution < 1.29 is 4.39 Å². The number of nitriles is 1. The third-order valence-electron chi connectivity index (χ3n) is 5.60. The number of rotatable bonds is 7. The fourth-order valence-corrected chi connectivity index (χ4v) is 4.33. The molecule has 0 aliphatic rings. The lowest BCUT2D eigenvalue weighted by Crippen LogP contribution is -2.02. The molecule has 0 saturated heterocycles. The van der Waals surface area contributed by atoms with Crippen molar-refractivity contribution >= 4 is 51.2 Å². The average molecular weight is 533 g/mol. The summed E-state index contributed by atoms with van der Waals surface area (Å²) < 4.78 is 15.4. The molecule has 3 heterocycles. The first kappa shape index (κ1) is 24.4. The fourth-order valence-electron chi connectivity index (χ4n) is 3.88. The SMILES string of the molecule is Cc1cc(Cn2cc(CNc3cc(Cl)c4ncc(C#N)c(Nc5ccc(F)c(Cl)c5)c4c3)nn2)ccn1. The van der Waals surface area contributed by atoms with Gasteiger partial charge in [0.15, 0.2) is 0 Å². The minimum Gasteiger partial charge on any atom is -0.379 e. The van der Waals surface area contributed by atoms with Gasteiger partial charge in [-0.25, -0.2) is 9.07 Å². The Morgan fingerprint density at radius 3 is 2.68 bits per heavy atom. The van der Waals surface area contributed by atoms with Crippen molar-refractivity contribution in [3.63, 3.8) is 0 Å². The van der Waals surface area contributed by atoms with Crippen LogP contribution >= 0.6 is 23.2 Å². The summed E-state index contributed by atoms with van der Waals surface area (Å²) in [6.07, 6.45) is 5.08. The molecule has 0 amide bonds. The van der Waals surface area contributed by atoms with Crippen molar-refractivity contribution in [1.29, 1.82) is 5.26 Å². The van der Waals surface area contributed by atoms with Gasteiger partial charge in [0.2, 0.25) is 0 Å². The Bertz CT molecular complexity index is 1660. The predicted molar refractivity (Wildman–Crippen MR) is 142 cm³/mol. The molecule has 0 atom stereocenters. The van der Waals surface area contributed by atoms with Crippen LogP contribution in [0.3, 0.4) is 0 Å². The molecule has 37 heavy (non-hydrogen) atoms. The molecule has 0 unspecified atom stereocenters. The second kappa shape index (κ2) is 10.4. The lowest BCUT2D eigenvalue weighted by molar-refractivity contribution is 0.628. The molecular formula is C26H19Cl2FN8. The molecule has 0 spiro atoms. The number of aryl methyl sites for hydroxylation is 1. The zero-order chi connectivity index (χ0) is 25.9. The second-order valence-corrected chi connectivity index (χ2v) is 9.15. The Labute approximate surface area is 221 Å². The van der Waals surface area contributed by atoms with Gasteiger partial charge in [0, 0.05) is 34.8 Å². The number of fused-ring (bicyclic) bond motifs is 1. The number of hydrogen-bond acceptors (Lipinski definition) is 7. The van der Waals surface area contributed by atoms with Gasteiger partial charge >= 0.3 is 0 Å². The van der Waals surface area contributed by atoms with Crippen molar-refractivity contribution in [2.45, 2.75) is 20.0 Å². The maximum absolute atomic E-state index is 13.6. The van der Waals surface area contributed by atoms with E-state index in [0.717, 1.165) is 17.0 Å². The van der Waals surface area contributed by atoms with Gasteiger partial charge in [-0.2, -0.15) is 5.26 Å². The maximum atomic E-state index is 13.6. The van der Waals surface area contributed by atoms with E-state index in [2.05, 4.69) is 37.0 Å². The van der Waals surface area contributed by atoms with Gasteiger partial charge in [0.25, 0.3) is 0 Å². The molecule has 0 radical (unpaired) electrons. The summed E-state index contributed by atoms with van der Waals surface area (Å²) in [5, 5.41) is 25.6. The number of halogens is 3. The summed E-state index contributed by atoms with van der Waals surface area (Å²) in [6, 6.07) is 13.9. The maximum Gasteiger partial charge on any atom is 0.141 e. The molecule has 0 saturated carbocycles. The van der Waals surface area contributed by atoms with Gasteiger partial charge in [-0.1, -0.05) is 28.4 Å². The highest BCUT2D eigenvalue weighted by Crippen LogP contribution is 2.35. The molecule has 0 fully saturated rings. The van der Waals surface area contributed by atoms with Gasteiger partial charge in [-0.15, -0.1) is 5.10 Å². The zero-order valence-electron chi connectivity index (χ0n) is 19.5. The summed E-state index contributed by atoms with van der Waals surface area (Å²) in [5.74, 6) is -0.533. The predicted octanol–water partition coefficient (Wildman–Crippen LogP) is 6.25. The van der Waals surface area contributed by atoms with E-state index in [1.54, 1.807) is 16.9 Å². The van der Waals surface area contributed by atoms with Gasteiger partial charge in [0.1, 0.15) is 17.6 Å². The van der Waals surface area contributed by atoms with Gasteiger partial charge in [-0.3, -0.25) is 9.97 Å². The number of nitrogens with one attached hydrogen (secondary N) is 2. The van der Waals surface area contributed by atoms with E-state index in [0.29, 0.717) is 51.6 Å². The molecule has 0 bridgehead atoms. The quantitative estimate of drug-likeness (QED) is 0.255. The molecule has 5 rings (SSSR count). The van der Waals surface area contributed by atoms with Crippen molar-refractivity contribution in [2.75, 3.05) is 10.6 Å². The minimum atomic E-state index is -0.533. The Kier molecular flexibility index (Phi) is 6.86. The van der Waals surface area contributed by atoms with E-state index >= 15 is 0 Å². The molecule has 0 aliphatic heterocycles. The van der Waals surface area contributed by atoms with Crippen molar-refractivity contribution in [3.05, 3.63) is 99.4 Å². The van der Waals surface area contributed by atoms with Crippen molar-refractivity contribution in [3.8, 4) is 6.07 Å². The van der Waals surface area contributed by atoms with Crippen LogP contribution in [-0.2, 0) is 13.1 Å². The zero-order valence-corrected chi connectivity index (χ0v) is 21.0. The average Bonchev–Trinajstić information content (AvgIpc) is 3.32. The van der Waals surface area contributed by atoms with Crippen LogP contribution < -0.4 is 10.6 Å². The van der Waals surface area contributed by atoms with E-state index in [-0.39, 0.29) is 5.02 Å². The first-order valence-corrected chi connectivity index (χ1v) is 11.9. The molecule has 3 aromatic heterocycles. The molecule has 8 nitrogen and oxygen atoms in total. The molecule has 11 heteroatoms. The summed E-state index contributed by atoms with van der Waals surface area (Å²) in [6.45, 7) is 2.93. The summed E-state index contributed by atoms with van der Waals surface area (Å²) in [5.41, 5.74) is 5.29. The van der Waals surface area contributed by atoms with E-state index < -0.39 is 5.82 Å². The van der Waals surface area contributed by atoms with Crippen LogP contribution in [-0.4, -0.2) is 25.0 Å². The largest absolute Gasteiger partial charge is 0.379 e. The van der Waals surface area contributed by atoms with Crippen molar-refractivity contribution in [2.24, 2.45) is 0 Å². The summed E-state index contributed by atoms with van der Waals surface area (Å²) in [4.78, 5) is 8.57. The van der Waals surface area contributed by atoms with E-state index in [1.807, 2.05) is 31.3 Å². The van der Waals surface area contributed by atoms with Crippen LogP contribution in [0.5, 0.6) is 0 Å². The van der Waals surface area contributed by atoms with Crippen LogP contribution in [0, 0.1) is 24.1 Å². The Hall–Kier alpha value is -4.26. The topological polar surface area (TPSA) is 104 Å². The Morgan fingerprint density at radius 1 is 1.05 bits per heavy atom. The molecule has 184 valence electrons. The highest BCUT2D eigenvalue weighted by atomic mass is 35.5. The molecule has 2 N–H and O–H groups in total. The normalized spacial score (nSPS) is 10.9. The second-order valence-electron chi connectivity index (χ2n) is 8.33. The third-order valence-corrected chi connectivity index (χ3v) is 6.18. The number of aromatic nitrogens is 5. The summed E-state index contributed by atoms with van der Waals surface area (Å²) in [7, 11) is 0. The first-order valence-electron chi connectivity index (χ1n) is 11.2. The van der Waals surface area contributed by atoms with Crippen LogP contribution in [0.1, 0.15) is 22.5 Å². The van der Waals surface area contributed by atoms with Crippen molar-refractivity contribution in [1.82, 2.24) is 25.0 Å². The monoisotopic (exact) mass is 532 g/mol. The Balaban J connectivity index is 1.40. The highest BCUT2D eigenvalue weighted by Gasteiger charge is 2.14. The van der Waals surface area contributed by atoms with Gasteiger partial charge in [0.05, 0.1) is 46.1 Å². The lowest BCUT2D eigenvalue weighted by atomic mass is 10.1. The molecule has 2 aromatic carbocycles. The highest BCUT2D eigenvalue weighted by molar-refractivity contribution is 6.36. The Morgan fingerprint density at radius 2 is 1.89 bits per heavy atom. The van der Waals surface area contributed by atoms with Crippen LogP contribution in [0.25, 0.3) is 10.9 Å². The lowest BCUT2D eigenvalue weighted by Gasteiger charge is -2.14. The number of benzene rings is 2.